The maximum atomic E-state index is 9.01. The number of anilines is 3. The number of aryl methyl sites for hydroxylation is 1. The molecule has 0 radical (unpaired) electrons. The molecule has 0 aliphatic carbocycles. The first kappa shape index (κ1) is 15.9. The Labute approximate surface area is 140 Å². The number of hydrogen-bond donors (Lipinski definition) is 3. The van der Waals surface area contributed by atoms with Gasteiger partial charge in [0.25, 0.3) is 0 Å². The zero-order valence-corrected chi connectivity index (χ0v) is 13.4. The van der Waals surface area contributed by atoms with Gasteiger partial charge in [-0.15, -0.1) is 0 Å². The molecule has 0 aliphatic rings. The van der Waals surface area contributed by atoms with E-state index in [4.69, 9.17) is 5.11 Å². The van der Waals surface area contributed by atoms with E-state index in [1.807, 2.05) is 49.4 Å². The average molecular weight is 321 g/mol. The molecule has 6 heteroatoms. The summed E-state index contributed by atoms with van der Waals surface area (Å²) < 4.78 is 0. The van der Waals surface area contributed by atoms with Crippen LogP contribution >= 0.6 is 0 Å². The van der Waals surface area contributed by atoms with Crippen LogP contribution in [-0.4, -0.2) is 33.2 Å². The molecule has 24 heavy (non-hydrogen) atoms. The Morgan fingerprint density at radius 1 is 1.04 bits per heavy atom. The van der Waals surface area contributed by atoms with E-state index in [1.165, 1.54) is 0 Å². The average Bonchev–Trinajstić information content (AvgIpc) is 2.62. The number of rotatable bonds is 6. The van der Waals surface area contributed by atoms with Crippen LogP contribution in [0.15, 0.2) is 54.9 Å². The SMILES string of the molecule is Cc1ccccc1Nc1cc(-c2ccncc2)nc(NCCO)n1. The Bertz CT molecular complexity index is 808. The summed E-state index contributed by atoms with van der Waals surface area (Å²) in [6.45, 7) is 2.45. The fraction of sp³-hybridized carbons (Fsp3) is 0.167. The second-order valence-electron chi connectivity index (χ2n) is 5.29. The molecule has 2 heterocycles. The first-order valence-corrected chi connectivity index (χ1v) is 7.73. The maximum Gasteiger partial charge on any atom is 0.225 e. The summed E-state index contributed by atoms with van der Waals surface area (Å²) in [4.78, 5) is 13.0. The summed E-state index contributed by atoms with van der Waals surface area (Å²) in [5, 5.41) is 15.4. The lowest BCUT2D eigenvalue weighted by Gasteiger charge is -2.12. The van der Waals surface area contributed by atoms with Gasteiger partial charge in [0, 0.05) is 36.3 Å². The third kappa shape index (κ3) is 3.85. The highest BCUT2D eigenvalue weighted by atomic mass is 16.3. The Morgan fingerprint density at radius 2 is 1.83 bits per heavy atom. The molecule has 0 fully saturated rings. The van der Waals surface area contributed by atoms with Crippen LogP contribution in [0.3, 0.4) is 0 Å². The van der Waals surface area contributed by atoms with E-state index in [-0.39, 0.29) is 6.61 Å². The van der Waals surface area contributed by atoms with Gasteiger partial charge in [0.15, 0.2) is 0 Å². The molecule has 2 aromatic heterocycles. The van der Waals surface area contributed by atoms with E-state index in [0.29, 0.717) is 18.3 Å². The number of nitrogens with zero attached hydrogens (tertiary/aromatic N) is 3. The highest BCUT2D eigenvalue weighted by Crippen LogP contribution is 2.24. The van der Waals surface area contributed by atoms with Crippen molar-refractivity contribution in [1.29, 1.82) is 0 Å². The van der Waals surface area contributed by atoms with E-state index in [9.17, 15) is 0 Å². The lowest BCUT2D eigenvalue weighted by Crippen LogP contribution is -2.10. The maximum absolute atomic E-state index is 9.01. The molecule has 0 amide bonds. The molecule has 3 aromatic rings. The molecule has 0 saturated carbocycles. The lowest BCUT2D eigenvalue weighted by molar-refractivity contribution is 0.311. The van der Waals surface area contributed by atoms with Crippen molar-refractivity contribution in [2.75, 3.05) is 23.8 Å². The van der Waals surface area contributed by atoms with Gasteiger partial charge in [0.1, 0.15) is 5.82 Å². The standard InChI is InChI=1S/C18H19N5O/c1-13-4-2-3-5-15(13)21-17-12-16(14-6-8-19-9-7-14)22-18(23-17)20-10-11-24/h2-9,12,24H,10-11H2,1H3,(H2,20,21,22,23). The monoisotopic (exact) mass is 321 g/mol. The molecule has 0 aliphatic heterocycles. The first-order chi connectivity index (χ1) is 11.8. The van der Waals surface area contributed by atoms with Crippen LogP contribution in [0.2, 0.25) is 0 Å². The van der Waals surface area contributed by atoms with E-state index in [1.54, 1.807) is 12.4 Å². The third-order valence-corrected chi connectivity index (χ3v) is 3.50. The molecule has 6 nitrogen and oxygen atoms in total. The van der Waals surface area contributed by atoms with Gasteiger partial charge in [-0.3, -0.25) is 4.98 Å². The highest BCUT2D eigenvalue weighted by Gasteiger charge is 2.08. The van der Waals surface area contributed by atoms with Crippen molar-refractivity contribution in [1.82, 2.24) is 15.0 Å². The fourth-order valence-corrected chi connectivity index (χ4v) is 2.28. The van der Waals surface area contributed by atoms with E-state index in [0.717, 1.165) is 22.5 Å². The Kier molecular flexibility index (Phi) is 4.98. The number of aliphatic hydroxyl groups is 1. The van der Waals surface area contributed by atoms with Crippen molar-refractivity contribution >= 4 is 17.5 Å². The van der Waals surface area contributed by atoms with Gasteiger partial charge in [0.05, 0.1) is 12.3 Å². The summed E-state index contributed by atoms with van der Waals surface area (Å²) >= 11 is 0. The minimum absolute atomic E-state index is 0.0173. The van der Waals surface area contributed by atoms with Gasteiger partial charge in [-0.05, 0) is 30.7 Å². The molecule has 1 aromatic carbocycles. The number of aliphatic hydroxyl groups excluding tert-OH is 1. The summed E-state index contributed by atoms with van der Waals surface area (Å²) in [7, 11) is 0. The molecule has 0 bridgehead atoms. The number of aromatic nitrogens is 3. The van der Waals surface area contributed by atoms with Crippen molar-refractivity contribution in [2.24, 2.45) is 0 Å². The molecular weight excluding hydrogens is 302 g/mol. The van der Waals surface area contributed by atoms with Crippen molar-refractivity contribution in [2.45, 2.75) is 6.92 Å². The van der Waals surface area contributed by atoms with E-state index in [2.05, 4.69) is 25.6 Å². The highest BCUT2D eigenvalue weighted by molar-refractivity contribution is 5.68. The zero-order valence-electron chi connectivity index (χ0n) is 13.4. The number of hydrogen-bond acceptors (Lipinski definition) is 6. The van der Waals surface area contributed by atoms with Crippen LogP contribution < -0.4 is 10.6 Å². The summed E-state index contributed by atoms with van der Waals surface area (Å²) in [6, 6.07) is 13.7. The van der Waals surface area contributed by atoms with Gasteiger partial charge < -0.3 is 15.7 Å². The van der Waals surface area contributed by atoms with Crippen molar-refractivity contribution in [3.8, 4) is 11.3 Å². The van der Waals surface area contributed by atoms with Gasteiger partial charge in [-0.2, -0.15) is 4.98 Å². The Morgan fingerprint density at radius 3 is 2.58 bits per heavy atom. The predicted octanol–water partition coefficient (Wildman–Crippen LogP) is 2.99. The Hall–Kier alpha value is -2.99. The van der Waals surface area contributed by atoms with Crippen LogP contribution in [0, 0.1) is 6.92 Å². The van der Waals surface area contributed by atoms with Crippen LogP contribution in [0.25, 0.3) is 11.3 Å². The van der Waals surface area contributed by atoms with Crippen LogP contribution in [0.5, 0.6) is 0 Å². The number of para-hydroxylation sites is 1. The molecule has 0 saturated heterocycles. The molecule has 0 spiro atoms. The quantitative estimate of drug-likeness (QED) is 0.647. The topological polar surface area (TPSA) is 83.0 Å². The largest absolute Gasteiger partial charge is 0.395 e. The molecule has 122 valence electrons. The van der Waals surface area contributed by atoms with Crippen LogP contribution in [0.4, 0.5) is 17.5 Å². The molecule has 3 N–H and O–H groups in total. The van der Waals surface area contributed by atoms with Gasteiger partial charge in [-0.1, -0.05) is 18.2 Å². The molecule has 0 unspecified atom stereocenters. The number of nitrogens with one attached hydrogen (secondary N) is 2. The number of pyridine rings is 1. The van der Waals surface area contributed by atoms with Crippen LogP contribution in [0.1, 0.15) is 5.56 Å². The predicted molar refractivity (Wildman–Crippen MR) is 95.3 cm³/mol. The van der Waals surface area contributed by atoms with Gasteiger partial charge >= 0.3 is 0 Å². The fourth-order valence-electron chi connectivity index (χ4n) is 2.28. The van der Waals surface area contributed by atoms with E-state index >= 15 is 0 Å². The van der Waals surface area contributed by atoms with Gasteiger partial charge in [-0.25, -0.2) is 4.98 Å². The zero-order chi connectivity index (χ0) is 16.8. The minimum atomic E-state index is 0.0173. The molecular formula is C18H19N5O. The third-order valence-electron chi connectivity index (χ3n) is 3.50. The first-order valence-electron chi connectivity index (χ1n) is 7.73. The smallest absolute Gasteiger partial charge is 0.225 e. The Balaban J connectivity index is 1.97. The second kappa shape index (κ2) is 7.52. The summed E-state index contributed by atoms with van der Waals surface area (Å²) in [6.07, 6.45) is 3.46. The molecule has 0 atom stereocenters. The van der Waals surface area contributed by atoms with Crippen molar-refractivity contribution in [3.05, 3.63) is 60.4 Å². The number of benzene rings is 1. The lowest BCUT2D eigenvalue weighted by atomic mass is 10.2. The van der Waals surface area contributed by atoms with Crippen molar-refractivity contribution in [3.63, 3.8) is 0 Å². The summed E-state index contributed by atoms with van der Waals surface area (Å²) in [5.74, 6) is 1.15. The minimum Gasteiger partial charge on any atom is -0.395 e. The van der Waals surface area contributed by atoms with Crippen molar-refractivity contribution < 1.29 is 5.11 Å². The van der Waals surface area contributed by atoms with E-state index < -0.39 is 0 Å². The molecule has 3 rings (SSSR count). The van der Waals surface area contributed by atoms with Gasteiger partial charge in [0.2, 0.25) is 5.95 Å². The summed E-state index contributed by atoms with van der Waals surface area (Å²) in [5.41, 5.74) is 3.85. The second-order valence-corrected chi connectivity index (χ2v) is 5.29. The normalized spacial score (nSPS) is 10.4. The van der Waals surface area contributed by atoms with Crippen LogP contribution in [-0.2, 0) is 0 Å².